The Balaban J connectivity index is 1.93. The lowest BCUT2D eigenvalue weighted by Crippen LogP contribution is -1.97. The predicted octanol–water partition coefficient (Wildman–Crippen LogP) is 5.60. The second-order valence-electron chi connectivity index (χ2n) is 4.52. The summed E-state index contributed by atoms with van der Waals surface area (Å²) < 4.78 is 4.36. The molecule has 104 valence electrons. The largest absolute Gasteiger partial charge is 0.316 e. The van der Waals surface area contributed by atoms with Crippen molar-refractivity contribution in [3.05, 3.63) is 80.6 Å². The fourth-order valence-corrected chi connectivity index (χ4v) is 2.97. The average molecular weight is 451 g/mol. The van der Waals surface area contributed by atoms with E-state index in [-0.39, 0.29) is 0 Å². The molecule has 1 heterocycles. The molecule has 1 aromatic heterocycles. The molecule has 3 aromatic rings. The molecule has 21 heavy (non-hydrogen) atoms. The average Bonchev–Trinajstić information content (AvgIpc) is 2.94. The van der Waals surface area contributed by atoms with Crippen LogP contribution in [-0.4, -0.2) is 10.8 Å². The standard InChI is InChI=1S/C17H12BrIN2/c18-13-4-1-7-16(10-13)21-9-3-8-17(21)12-20-15-6-2-5-14(19)11-15/h1-12H. The number of aromatic nitrogens is 1. The summed E-state index contributed by atoms with van der Waals surface area (Å²) in [6.07, 6.45) is 3.93. The first-order chi connectivity index (χ1) is 10.2. The normalized spacial score (nSPS) is 11.1. The van der Waals surface area contributed by atoms with Crippen molar-refractivity contribution in [3.8, 4) is 5.69 Å². The van der Waals surface area contributed by atoms with Crippen LogP contribution in [0.25, 0.3) is 5.69 Å². The third kappa shape index (κ3) is 3.63. The fraction of sp³-hybridized carbons (Fsp3) is 0. The predicted molar refractivity (Wildman–Crippen MR) is 99.9 cm³/mol. The van der Waals surface area contributed by atoms with E-state index in [1.54, 1.807) is 0 Å². The second-order valence-corrected chi connectivity index (χ2v) is 6.68. The summed E-state index contributed by atoms with van der Waals surface area (Å²) in [5.74, 6) is 0. The molecule has 0 atom stereocenters. The topological polar surface area (TPSA) is 17.3 Å². The third-order valence-corrected chi connectivity index (χ3v) is 4.19. The quantitative estimate of drug-likeness (QED) is 0.365. The number of hydrogen-bond acceptors (Lipinski definition) is 1. The van der Waals surface area contributed by atoms with Gasteiger partial charge in [-0.15, -0.1) is 0 Å². The molecule has 2 nitrogen and oxygen atoms in total. The maximum absolute atomic E-state index is 4.56. The number of rotatable bonds is 3. The number of benzene rings is 2. The molecule has 4 heteroatoms. The summed E-state index contributed by atoms with van der Waals surface area (Å²) in [6, 6.07) is 20.4. The van der Waals surface area contributed by atoms with E-state index in [0.717, 1.165) is 21.5 Å². The fourth-order valence-electron chi connectivity index (χ4n) is 2.06. The maximum Gasteiger partial charge on any atom is 0.0641 e. The van der Waals surface area contributed by atoms with Crippen LogP contribution < -0.4 is 0 Å². The van der Waals surface area contributed by atoms with Crippen LogP contribution in [0.5, 0.6) is 0 Å². The van der Waals surface area contributed by atoms with E-state index in [2.05, 4.69) is 78.4 Å². The van der Waals surface area contributed by atoms with E-state index >= 15 is 0 Å². The van der Waals surface area contributed by atoms with Gasteiger partial charge in [0.05, 0.1) is 17.6 Å². The van der Waals surface area contributed by atoms with Crippen molar-refractivity contribution < 1.29 is 0 Å². The molecule has 0 saturated heterocycles. The van der Waals surface area contributed by atoms with Crippen LogP contribution >= 0.6 is 38.5 Å². The zero-order valence-corrected chi connectivity index (χ0v) is 14.8. The minimum absolute atomic E-state index is 0.962. The number of halogens is 2. The van der Waals surface area contributed by atoms with E-state index in [1.807, 2.05) is 42.7 Å². The number of nitrogens with zero attached hydrogens (tertiary/aromatic N) is 2. The van der Waals surface area contributed by atoms with Crippen molar-refractivity contribution in [2.75, 3.05) is 0 Å². The molecular formula is C17H12BrIN2. The molecule has 0 amide bonds. The zero-order valence-electron chi connectivity index (χ0n) is 11.1. The van der Waals surface area contributed by atoms with E-state index in [1.165, 1.54) is 3.57 Å². The van der Waals surface area contributed by atoms with E-state index in [0.29, 0.717) is 0 Å². The molecule has 0 aliphatic heterocycles. The molecule has 0 saturated carbocycles. The van der Waals surface area contributed by atoms with Gasteiger partial charge in [-0.25, -0.2) is 0 Å². The molecule has 2 aromatic carbocycles. The second kappa shape index (κ2) is 6.58. The highest BCUT2D eigenvalue weighted by atomic mass is 127. The van der Waals surface area contributed by atoms with Crippen molar-refractivity contribution in [1.82, 2.24) is 4.57 Å². The summed E-state index contributed by atoms with van der Waals surface area (Å²) in [4.78, 5) is 4.56. The Hall–Kier alpha value is -1.40. The Morgan fingerprint density at radius 1 is 1.00 bits per heavy atom. The lowest BCUT2D eigenvalue weighted by molar-refractivity contribution is 1.07. The van der Waals surface area contributed by atoms with Gasteiger partial charge in [0.15, 0.2) is 0 Å². The Bertz CT molecular complexity index is 793. The summed E-state index contributed by atoms with van der Waals surface area (Å²) in [7, 11) is 0. The molecule has 0 radical (unpaired) electrons. The highest BCUT2D eigenvalue weighted by Gasteiger charge is 2.01. The van der Waals surface area contributed by atoms with Crippen molar-refractivity contribution in [3.63, 3.8) is 0 Å². The van der Waals surface area contributed by atoms with Crippen molar-refractivity contribution in [1.29, 1.82) is 0 Å². The molecule has 0 aliphatic carbocycles. The molecule has 0 fully saturated rings. The Morgan fingerprint density at radius 3 is 2.67 bits per heavy atom. The number of hydrogen-bond donors (Lipinski definition) is 0. The van der Waals surface area contributed by atoms with Gasteiger partial charge in [-0.3, -0.25) is 4.99 Å². The van der Waals surface area contributed by atoms with Crippen LogP contribution in [-0.2, 0) is 0 Å². The Kier molecular flexibility index (Phi) is 4.55. The van der Waals surface area contributed by atoms with Gasteiger partial charge >= 0.3 is 0 Å². The SMILES string of the molecule is Brc1cccc(-n2cccc2C=Nc2cccc(I)c2)c1. The first-order valence-corrected chi connectivity index (χ1v) is 8.32. The van der Waals surface area contributed by atoms with Gasteiger partial charge in [0.25, 0.3) is 0 Å². The molecule has 3 rings (SSSR count). The van der Waals surface area contributed by atoms with Gasteiger partial charge in [0.1, 0.15) is 0 Å². The smallest absolute Gasteiger partial charge is 0.0641 e. The highest BCUT2D eigenvalue weighted by Crippen LogP contribution is 2.19. The lowest BCUT2D eigenvalue weighted by Gasteiger charge is -2.06. The molecular weight excluding hydrogens is 439 g/mol. The molecule has 0 unspecified atom stereocenters. The summed E-state index contributed by atoms with van der Waals surface area (Å²) in [6.45, 7) is 0. The third-order valence-electron chi connectivity index (χ3n) is 3.02. The molecule has 0 aliphatic rings. The first kappa shape index (κ1) is 14.5. The van der Waals surface area contributed by atoms with Crippen LogP contribution in [0.15, 0.2) is 76.3 Å². The summed E-state index contributed by atoms with van der Waals surface area (Å²) in [5, 5.41) is 0. The minimum Gasteiger partial charge on any atom is -0.316 e. The maximum atomic E-state index is 4.56. The van der Waals surface area contributed by atoms with Crippen LogP contribution in [0.1, 0.15) is 5.69 Å². The van der Waals surface area contributed by atoms with Crippen LogP contribution in [0, 0.1) is 3.57 Å². The molecule has 0 N–H and O–H groups in total. The van der Waals surface area contributed by atoms with Crippen molar-refractivity contribution in [2.45, 2.75) is 0 Å². The van der Waals surface area contributed by atoms with Crippen molar-refractivity contribution in [2.24, 2.45) is 4.99 Å². The van der Waals surface area contributed by atoms with Crippen LogP contribution in [0.2, 0.25) is 0 Å². The zero-order chi connectivity index (χ0) is 14.7. The van der Waals surface area contributed by atoms with Crippen LogP contribution in [0.4, 0.5) is 5.69 Å². The summed E-state index contributed by atoms with van der Waals surface area (Å²) in [5.41, 5.74) is 3.12. The van der Waals surface area contributed by atoms with E-state index in [4.69, 9.17) is 0 Å². The van der Waals surface area contributed by atoms with E-state index in [9.17, 15) is 0 Å². The van der Waals surface area contributed by atoms with E-state index < -0.39 is 0 Å². The van der Waals surface area contributed by atoms with Gasteiger partial charge in [-0.1, -0.05) is 28.1 Å². The molecule has 0 spiro atoms. The van der Waals surface area contributed by atoms with Crippen LogP contribution in [0.3, 0.4) is 0 Å². The monoisotopic (exact) mass is 450 g/mol. The van der Waals surface area contributed by atoms with Gasteiger partial charge in [0.2, 0.25) is 0 Å². The Labute approximate surface area is 145 Å². The summed E-state index contributed by atoms with van der Waals surface area (Å²) >= 11 is 5.80. The Morgan fingerprint density at radius 2 is 1.86 bits per heavy atom. The van der Waals surface area contributed by atoms with Gasteiger partial charge in [-0.05, 0) is 71.1 Å². The van der Waals surface area contributed by atoms with Gasteiger partial charge in [-0.2, -0.15) is 0 Å². The van der Waals surface area contributed by atoms with Gasteiger partial charge in [0, 0.05) is 19.9 Å². The van der Waals surface area contributed by atoms with Gasteiger partial charge < -0.3 is 4.57 Å². The molecule has 0 bridgehead atoms. The lowest BCUT2D eigenvalue weighted by atomic mass is 10.3. The minimum atomic E-state index is 0.962. The highest BCUT2D eigenvalue weighted by molar-refractivity contribution is 14.1. The number of aliphatic imine (C=N–C) groups is 1. The van der Waals surface area contributed by atoms with Crippen molar-refractivity contribution >= 4 is 50.4 Å². The first-order valence-electron chi connectivity index (χ1n) is 6.45.